The highest BCUT2D eigenvalue weighted by molar-refractivity contribution is 5.19. The third-order valence-corrected chi connectivity index (χ3v) is 2.78. The summed E-state index contributed by atoms with van der Waals surface area (Å²) in [5.74, 6) is 0.683. The lowest BCUT2D eigenvalue weighted by molar-refractivity contribution is 0.449. The van der Waals surface area contributed by atoms with Gasteiger partial charge >= 0.3 is 0 Å². The summed E-state index contributed by atoms with van der Waals surface area (Å²) in [7, 11) is 2.00. The van der Waals surface area contributed by atoms with E-state index in [4.69, 9.17) is 0 Å². The van der Waals surface area contributed by atoms with Crippen molar-refractivity contribution in [2.45, 2.75) is 25.7 Å². The molecule has 0 saturated carbocycles. The minimum Gasteiger partial charge on any atom is -0.317 e. The van der Waals surface area contributed by atoms with Gasteiger partial charge in [-0.2, -0.15) is 5.10 Å². The van der Waals surface area contributed by atoms with Gasteiger partial charge in [0, 0.05) is 19.2 Å². The van der Waals surface area contributed by atoms with Gasteiger partial charge in [-0.3, -0.25) is 4.68 Å². The van der Waals surface area contributed by atoms with Crippen molar-refractivity contribution < 1.29 is 0 Å². The van der Waals surface area contributed by atoms with E-state index in [-0.39, 0.29) is 0 Å². The molecule has 2 rings (SSSR count). The molecule has 0 radical (unpaired) electrons. The van der Waals surface area contributed by atoms with Crippen LogP contribution in [0.2, 0.25) is 0 Å². The van der Waals surface area contributed by atoms with Gasteiger partial charge in [-0.1, -0.05) is 0 Å². The molecular formula is C10H17N3. The van der Waals surface area contributed by atoms with Crippen molar-refractivity contribution >= 4 is 0 Å². The Morgan fingerprint density at radius 3 is 2.69 bits per heavy atom. The molecular weight excluding hydrogens is 162 g/mol. The molecule has 0 bridgehead atoms. The first-order valence-corrected chi connectivity index (χ1v) is 4.98. The second-order valence-corrected chi connectivity index (χ2v) is 3.90. The molecule has 1 fully saturated rings. The summed E-state index contributed by atoms with van der Waals surface area (Å²) in [5, 5.41) is 7.90. The second-order valence-electron chi connectivity index (χ2n) is 3.90. The van der Waals surface area contributed by atoms with Gasteiger partial charge in [0.05, 0.1) is 5.69 Å². The SMILES string of the molecule is Cc1cn(C)nc1C1CCNCC1. The molecule has 3 heteroatoms. The predicted octanol–water partition coefficient (Wildman–Crippen LogP) is 1.20. The molecule has 1 aliphatic heterocycles. The van der Waals surface area contributed by atoms with Gasteiger partial charge in [-0.25, -0.2) is 0 Å². The minimum absolute atomic E-state index is 0.683. The molecule has 13 heavy (non-hydrogen) atoms. The Labute approximate surface area is 79.1 Å². The molecule has 1 saturated heterocycles. The van der Waals surface area contributed by atoms with E-state index in [1.807, 2.05) is 11.7 Å². The Morgan fingerprint density at radius 2 is 2.15 bits per heavy atom. The number of aryl methyl sites for hydroxylation is 2. The van der Waals surface area contributed by atoms with Crippen LogP contribution in [-0.2, 0) is 7.05 Å². The second kappa shape index (κ2) is 3.50. The topological polar surface area (TPSA) is 29.9 Å². The predicted molar refractivity (Wildman–Crippen MR) is 52.8 cm³/mol. The van der Waals surface area contributed by atoms with Crippen LogP contribution in [0, 0.1) is 6.92 Å². The van der Waals surface area contributed by atoms with Gasteiger partial charge in [-0.15, -0.1) is 0 Å². The summed E-state index contributed by atoms with van der Waals surface area (Å²) in [6.07, 6.45) is 4.58. The molecule has 0 amide bonds. The van der Waals surface area contributed by atoms with Gasteiger partial charge in [-0.05, 0) is 38.4 Å². The molecule has 0 aromatic carbocycles. The van der Waals surface area contributed by atoms with Gasteiger partial charge in [0.15, 0.2) is 0 Å². The van der Waals surface area contributed by atoms with E-state index < -0.39 is 0 Å². The van der Waals surface area contributed by atoms with Crippen LogP contribution < -0.4 is 5.32 Å². The highest BCUT2D eigenvalue weighted by Crippen LogP contribution is 2.25. The van der Waals surface area contributed by atoms with Crippen LogP contribution in [-0.4, -0.2) is 22.9 Å². The zero-order valence-corrected chi connectivity index (χ0v) is 8.38. The molecule has 3 nitrogen and oxygen atoms in total. The Morgan fingerprint density at radius 1 is 1.46 bits per heavy atom. The van der Waals surface area contributed by atoms with Crippen molar-refractivity contribution in [3.05, 3.63) is 17.5 Å². The van der Waals surface area contributed by atoms with Gasteiger partial charge in [0.1, 0.15) is 0 Å². The Kier molecular flexibility index (Phi) is 2.36. The van der Waals surface area contributed by atoms with Gasteiger partial charge < -0.3 is 5.32 Å². The summed E-state index contributed by atoms with van der Waals surface area (Å²) in [6, 6.07) is 0. The fourth-order valence-electron chi connectivity index (χ4n) is 2.12. The fourth-order valence-corrected chi connectivity index (χ4v) is 2.12. The highest BCUT2D eigenvalue weighted by atomic mass is 15.3. The van der Waals surface area contributed by atoms with Crippen molar-refractivity contribution in [1.29, 1.82) is 0 Å². The quantitative estimate of drug-likeness (QED) is 0.702. The summed E-state index contributed by atoms with van der Waals surface area (Å²) < 4.78 is 1.92. The van der Waals surface area contributed by atoms with Crippen LogP contribution in [0.1, 0.15) is 30.0 Å². The first-order chi connectivity index (χ1) is 6.27. The lowest BCUT2D eigenvalue weighted by Crippen LogP contribution is -2.27. The number of nitrogens with zero attached hydrogens (tertiary/aromatic N) is 2. The standard InChI is InChI=1S/C10H17N3/c1-8-7-13(2)12-10(8)9-3-5-11-6-4-9/h7,9,11H,3-6H2,1-2H3. The maximum Gasteiger partial charge on any atom is 0.0685 e. The molecule has 1 N–H and O–H groups in total. The Bertz CT molecular complexity index is 284. The van der Waals surface area contributed by atoms with Crippen molar-refractivity contribution in [2.24, 2.45) is 7.05 Å². The van der Waals surface area contributed by atoms with Crippen LogP contribution in [0.15, 0.2) is 6.20 Å². The molecule has 72 valence electrons. The average molecular weight is 179 g/mol. The minimum atomic E-state index is 0.683. The van der Waals surface area contributed by atoms with E-state index >= 15 is 0 Å². The Balaban J connectivity index is 2.18. The highest BCUT2D eigenvalue weighted by Gasteiger charge is 2.19. The van der Waals surface area contributed by atoms with Crippen molar-refractivity contribution in [3.63, 3.8) is 0 Å². The maximum atomic E-state index is 4.52. The molecule has 0 aliphatic carbocycles. The van der Waals surface area contributed by atoms with Crippen molar-refractivity contribution in [3.8, 4) is 0 Å². The van der Waals surface area contributed by atoms with E-state index in [0.717, 1.165) is 13.1 Å². The largest absolute Gasteiger partial charge is 0.317 e. The van der Waals surface area contributed by atoms with E-state index in [1.54, 1.807) is 0 Å². The number of nitrogens with one attached hydrogen (secondary N) is 1. The maximum absolute atomic E-state index is 4.52. The van der Waals surface area contributed by atoms with Gasteiger partial charge in [0.2, 0.25) is 0 Å². The van der Waals surface area contributed by atoms with E-state index in [0.29, 0.717) is 5.92 Å². The summed E-state index contributed by atoms with van der Waals surface area (Å²) in [6.45, 7) is 4.44. The van der Waals surface area contributed by atoms with E-state index in [2.05, 4.69) is 23.5 Å². The molecule has 0 unspecified atom stereocenters. The molecule has 0 atom stereocenters. The first-order valence-electron chi connectivity index (χ1n) is 4.98. The van der Waals surface area contributed by atoms with Crippen LogP contribution >= 0.6 is 0 Å². The molecule has 2 heterocycles. The summed E-state index contributed by atoms with van der Waals surface area (Å²) >= 11 is 0. The monoisotopic (exact) mass is 179 g/mol. The fraction of sp³-hybridized carbons (Fsp3) is 0.700. The average Bonchev–Trinajstić information content (AvgIpc) is 2.47. The van der Waals surface area contributed by atoms with Gasteiger partial charge in [0.25, 0.3) is 0 Å². The zero-order valence-electron chi connectivity index (χ0n) is 8.38. The number of rotatable bonds is 1. The van der Waals surface area contributed by atoms with Crippen molar-refractivity contribution in [2.75, 3.05) is 13.1 Å². The van der Waals surface area contributed by atoms with Crippen LogP contribution in [0.3, 0.4) is 0 Å². The third-order valence-electron chi connectivity index (χ3n) is 2.78. The first kappa shape index (κ1) is 8.75. The van der Waals surface area contributed by atoms with Crippen LogP contribution in [0.4, 0.5) is 0 Å². The lowest BCUT2D eigenvalue weighted by atomic mass is 9.93. The molecule has 0 spiro atoms. The van der Waals surface area contributed by atoms with Crippen molar-refractivity contribution in [1.82, 2.24) is 15.1 Å². The molecule has 1 aliphatic rings. The smallest absolute Gasteiger partial charge is 0.0685 e. The van der Waals surface area contributed by atoms with E-state index in [1.165, 1.54) is 24.1 Å². The summed E-state index contributed by atoms with van der Waals surface area (Å²) in [4.78, 5) is 0. The van der Waals surface area contributed by atoms with E-state index in [9.17, 15) is 0 Å². The number of piperidine rings is 1. The molecule has 1 aromatic rings. The number of aromatic nitrogens is 2. The number of hydrogen-bond donors (Lipinski definition) is 1. The molecule has 1 aromatic heterocycles. The summed E-state index contributed by atoms with van der Waals surface area (Å²) in [5.41, 5.74) is 2.65. The number of hydrogen-bond acceptors (Lipinski definition) is 2. The third kappa shape index (κ3) is 1.75. The Hall–Kier alpha value is -0.830. The normalized spacial score (nSPS) is 19.2. The zero-order chi connectivity index (χ0) is 9.26. The van der Waals surface area contributed by atoms with Crippen LogP contribution in [0.25, 0.3) is 0 Å². The lowest BCUT2D eigenvalue weighted by Gasteiger charge is -2.21. The van der Waals surface area contributed by atoms with Crippen LogP contribution in [0.5, 0.6) is 0 Å².